The summed E-state index contributed by atoms with van der Waals surface area (Å²) < 4.78 is 11.1. The topological polar surface area (TPSA) is 44.5 Å². The Hall–Kier alpha value is -2.16. The van der Waals surface area contributed by atoms with Crippen molar-refractivity contribution in [1.29, 1.82) is 0 Å². The van der Waals surface area contributed by atoms with Gasteiger partial charge < -0.3 is 15.2 Å². The van der Waals surface area contributed by atoms with Crippen molar-refractivity contribution in [3.63, 3.8) is 0 Å². The number of benzene rings is 2. The molecule has 2 N–H and O–H groups in total. The van der Waals surface area contributed by atoms with E-state index in [-0.39, 0.29) is 0 Å². The average molecular weight is 229 g/mol. The van der Waals surface area contributed by atoms with Crippen LogP contribution in [0.15, 0.2) is 42.5 Å². The van der Waals surface area contributed by atoms with Crippen LogP contribution in [0.2, 0.25) is 0 Å². The summed E-state index contributed by atoms with van der Waals surface area (Å²) in [4.78, 5) is 0. The molecule has 0 atom stereocenters. The van der Waals surface area contributed by atoms with Gasteiger partial charge >= 0.3 is 0 Å². The molecule has 0 amide bonds. The molecule has 0 heterocycles. The highest BCUT2D eigenvalue weighted by Gasteiger charge is 2.10. The highest BCUT2D eigenvalue weighted by atomic mass is 16.5. The Kier molecular flexibility index (Phi) is 3.19. The Labute approximate surface area is 101 Å². The van der Waals surface area contributed by atoms with Gasteiger partial charge in [-0.2, -0.15) is 0 Å². The molecule has 88 valence electrons. The average Bonchev–Trinajstić information content (AvgIpc) is 2.33. The number of nitrogen functional groups attached to an aromatic ring is 1. The lowest BCUT2D eigenvalue weighted by Gasteiger charge is -2.13. The van der Waals surface area contributed by atoms with E-state index in [1.54, 1.807) is 13.2 Å². The fourth-order valence-corrected chi connectivity index (χ4v) is 1.66. The van der Waals surface area contributed by atoms with Crippen molar-refractivity contribution in [3.8, 4) is 17.2 Å². The highest BCUT2D eigenvalue weighted by molar-refractivity contribution is 5.57. The van der Waals surface area contributed by atoms with Crippen molar-refractivity contribution in [2.24, 2.45) is 0 Å². The van der Waals surface area contributed by atoms with E-state index in [4.69, 9.17) is 15.2 Å². The van der Waals surface area contributed by atoms with Gasteiger partial charge in [0.15, 0.2) is 11.5 Å². The molecular formula is C14H15NO2. The number of nitrogens with two attached hydrogens (primary N) is 1. The van der Waals surface area contributed by atoms with Crippen LogP contribution in [0.4, 0.5) is 5.69 Å². The molecule has 0 aromatic heterocycles. The maximum absolute atomic E-state index is 5.81. The number of ether oxygens (including phenoxy) is 2. The number of methoxy groups -OCH3 is 1. The van der Waals surface area contributed by atoms with Crippen molar-refractivity contribution in [3.05, 3.63) is 48.0 Å². The van der Waals surface area contributed by atoms with Gasteiger partial charge in [-0.1, -0.05) is 18.2 Å². The van der Waals surface area contributed by atoms with Crippen LogP contribution in [0.25, 0.3) is 0 Å². The number of rotatable bonds is 3. The predicted molar refractivity (Wildman–Crippen MR) is 68.7 cm³/mol. The van der Waals surface area contributed by atoms with E-state index in [2.05, 4.69) is 0 Å². The fraction of sp³-hybridized carbons (Fsp3) is 0.143. The quantitative estimate of drug-likeness (QED) is 0.820. The second-order valence-corrected chi connectivity index (χ2v) is 3.78. The van der Waals surface area contributed by atoms with Gasteiger partial charge in [-0.3, -0.25) is 0 Å². The third-order valence-corrected chi connectivity index (χ3v) is 2.45. The van der Waals surface area contributed by atoms with Gasteiger partial charge in [0.25, 0.3) is 0 Å². The first-order valence-corrected chi connectivity index (χ1v) is 5.37. The Morgan fingerprint density at radius 3 is 2.41 bits per heavy atom. The number of aryl methyl sites for hydroxylation is 1. The number of anilines is 1. The molecular weight excluding hydrogens is 214 g/mol. The molecule has 3 nitrogen and oxygen atoms in total. The van der Waals surface area contributed by atoms with Crippen LogP contribution in [0.3, 0.4) is 0 Å². The summed E-state index contributed by atoms with van der Waals surface area (Å²) in [7, 11) is 1.60. The van der Waals surface area contributed by atoms with Crippen LogP contribution in [-0.2, 0) is 0 Å². The van der Waals surface area contributed by atoms with Crippen molar-refractivity contribution in [2.45, 2.75) is 6.92 Å². The van der Waals surface area contributed by atoms with Gasteiger partial charge in [0.05, 0.1) is 7.11 Å². The van der Waals surface area contributed by atoms with Crippen LogP contribution < -0.4 is 15.2 Å². The third kappa shape index (κ3) is 2.50. The molecule has 0 fully saturated rings. The van der Waals surface area contributed by atoms with E-state index in [0.29, 0.717) is 17.2 Å². The predicted octanol–water partition coefficient (Wildman–Crippen LogP) is 3.38. The second-order valence-electron chi connectivity index (χ2n) is 3.78. The first kappa shape index (κ1) is 11.3. The Morgan fingerprint density at radius 2 is 1.76 bits per heavy atom. The second kappa shape index (κ2) is 4.78. The molecule has 2 aromatic rings. The van der Waals surface area contributed by atoms with Crippen LogP contribution in [-0.4, -0.2) is 7.11 Å². The number of hydrogen-bond donors (Lipinski definition) is 1. The Morgan fingerprint density at radius 1 is 1.06 bits per heavy atom. The fourth-order valence-electron chi connectivity index (χ4n) is 1.66. The van der Waals surface area contributed by atoms with Crippen LogP contribution in [0.1, 0.15) is 5.56 Å². The zero-order valence-electron chi connectivity index (χ0n) is 9.94. The Bertz CT molecular complexity index is 509. The molecule has 0 spiro atoms. The minimum atomic E-state index is 0.645. The molecule has 0 aliphatic rings. The van der Waals surface area contributed by atoms with Crippen molar-refractivity contribution >= 4 is 5.69 Å². The van der Waals surface area contributed by atoms with Crippen LogP contribution >= 0.6 is 0 Å². The van der Waals surface area contributed by atoms with Crippen molar-refractivity contribution < 1.29 is 9.47 Å². The molecule has 2 aromatic carbocycles. The highest BCUT2D eigenvalue weighted by Crippen LogP contribution is 2.36. The van der Waals surface area contributed by atoms with Crippen LogP contribution in [0, 0.1) is 6.92 Å². The van der Waals surface area contributed by atoms with E-state index in [0.717, 1.165) is 11.3 Å². The van der Waals surface area contributed by atoms with Gasteiger partial charge in [-0.15, -0.1) is 0 Å². The molecule has 0 bridgehead atoms. The summed E-state index contributed by atoms with van der Waals surface area (Å²) in [5.74, 6) is 2.12. The summed E-state index contributed by atoms with van der Waals surface area (Å²) in [5.41, 5.74) is 7.38. The number of hydrogen-bond acceptors (Lipinski definition) is 3. The van der Waals surface area contributed by atoms with E-state index in [1.165, 1.54) is 0 Å². The molecule has 0 unspecified atom stereocenters. The van der Waals surface area contributed by atoms with Gasteiger partial charge in [0.2, 0.25) is 0 Å². The van der Waals surface area contributed by atoms with E-state index in [9.17, 15) is 0 Å². The zero-order chi connectivity index (χ0) is 12.3. The monoisotopic (exact) mass is 229 g/mol. The minimum absolute atomic E-state index is 0.645. The summed E-state index contributed by atoms with van der Waals surface area (Å²) in [5, 5.41) is 0. The lowest BCUT2D eigenvalue weighted by molar-refractivity contribution is 0.377. The SMILES string of the molecule is COc1cc(N)cc(C)c1Oc1ccccc1. The molecule has 0 aliphatic heterocycles. The molecule has 17 heavy (non-hydrogen) atoms. The first-order chi connectivity index (χ1) is 8.20. The largest absolute Gasteiger partial charge is 0.493 e. The molecule has 0 saturated carbocycles. The zero-order valence-corrected chi connectivity index (χ0v) is 9.94. The first-order valence-electron chi connectivity index (χ1n) is 5.37. The molecule has 0 saturated heterocycles. The summed E-state index contributed by atoms with van der Waals surface area (Å²) >= 11 is 0. The normalized spacial score (nSPS) is 10.0. The van der Waals surface area contributed by atoms with E-state index in [1.807, 2.05) is 43.3 Å². The van der Waals surface area contributed by atoms with Crippen molar-refractivity contribution in [2.75, 3.05) is 12.8 Å². The summed E-state index contributed by atoms with van der Waals surface area (Å²) in [6, 6.07) is 13.2. The van der Waals surface area contributed by atoms with Gasteiger partial charge in [0, 0.05) is 11.8 Å². The lowest BCUT2D eigenvalue weighted by Crippen LogP contribution is -1.95. The van der Waals surface area contributed by atoms with Gasteiger partial charge in [-0.05, 0) is 30.7 Å². The summed E-state index contributed by atoms with van der Waals surface area (Å²) in [6.07, 6.45) is 0. The maximum Gasteiger partial charge on any atom is 0.172 e. The smallest absolute Gasteiger partial charge is 0.172 e. The maximum atomic E-state index is 5.81. The van der Waals surface area contributed by atoms with E-state index < -0.39 is 0 Å². The Balaban J connectivity index is 2.38. The third-order valence-electron chi connectivity index (χ3n) is 2.45. The standard InChI is InChI=1S/C14H15NO2/c1-10-8-11(15)9-13(16-2)14(10)17-12-6-4-3-5-7-12/h3-9H,15H2,1-2H3. The van der Waals surface area contributed by atoms with Gasteiger partial charge in [-0.25, -0.2) is 0 Å². The summed E-state index contributed by atoms with van der Waals surface area (Å²) in [6.45, 7) is 1.94. The van der Waals surface area contributed by atoms with E-state index >= 15 is 0 Å². The molecule has 0 radical (unpaired) electrons. The molecule has 0 aliphatic carbocycles. The molecule has 3 heteroatoms. The number of para-hydroxylation sites is 1. The molecule has 2 rings (SSSR count). The lowest BCUT2D eigenvalue weighted by atomic mass is 10.2. The van der Waals surface area contributed by atoms with Gasteiger partial charge in [0.1, 0.15) is 5.75 Å². The van der Waals surface area contributed by atoms with Crippen LogP contribution in [0.5, 0.6) is 17.2 Å². The van der Waals surface area contributed by atoms with Crippen molar-refractivity contribution in [1.82, 2.24) is 0 Å². The minimum Gasteiger partial charge on any atom is -0.493 e.